The molecule has 166 valence electrons. The SMILES string of the molecule is CO[N+]1(OC(=O)CC(O)(CC(=O)[O-])C(=O)[O-])C(C)(C)CC(OC(C)=O)CC1(C)C.[Na+]. The molecule has 0 radical (unpaired) electrons. The first-order valence-electron chi connectivity index (χ1n) is 9.00. The Bertz CT molecular complexity index is 674. The minimum Gasteiger partial charge on any atom is -0.550 e. The van der Waals surface area contributed by atoms with Gasteiger partial charge in [-0.05, 0) is 27.7 Å². The number of hydroxylamine groups is 4. The molecule has 1 unspecified atom stereocenters. The van der Waals surface area contributed by atoms with Gasteiger partial charge in [0, 0.05) is 37.0 Å². The van der Waals surface area contributed by atoms with E-state index in [-0.39, 0.29) is 42.4 Å². The second kappa shape index (κ2) is 9.92. The molecular formula is C18H28NNaO10. The number of carbonyl (C=O) groups is 4. The number of piperidine rings is 1. The summed E-state index contributed by atoms with van der Waals surface area (Å²) < 4.78 is 5.32. The van der Waals surface area contributed by atoms with E-state index < -0.39 is 64.3 Å². The number of aliphatic hydroxyl groups is 1. The van der Waals surface area contributed by atoms with Crippen LogP contribution in [-0.2, 0) is 33.6 Å². The quantitative estimate of drug-likeness (QED) is 0.219. The van der Waals surface area contributed by atoms with Gasteiger partial charge < -0.3 is 29.6 Å². The number of hydrogen-bond acceptors (Lipinski definition) is 10. The largest absolute Gasteiger partial charge is 1.00 e. The summed E-state index contributed by atoms with van der Waals surface area (Å²) >= 11 is 0. The van der Waals surface area contributed by atoms with E-state index in [9.17, 15) is 34.5 Å². The minimum absolute atomic E-state index is 0. The third-order valence-corrected chi connectivity index (χ3v) is 5.12. The smallest absolute Gasteiger partial charge is 0.550 e. The summed E-state index contributed by atoms with van der Waals surface area (Å²) in [5.41, 5.74) is -4.92. The second-order valence-corrected chi connectivity index (χ2v) is 8.51. The van der Waals surface area contributed by atoms with Gasteiger partial charge in [-0.1, -0.05) is 0 Å². The van der Waals surface area contributed by atoms with Crippen LogP contribution in [0.3, 0.4) is 0 Å². The van der Waals surface area contributed by atoms with Gasteiger partial charge in [-0.3, -0.25) is 4.79 Å². The van der Waals surface area contributed by atoms with Crippen molar-refractivity contribution in [3.63, 3.8) is 0 Å². The average Bonchev–Trinajstić information content (AvgIpc) is 2.48. The molecule has 0 aliphatic carbocycles. The van der Waals surface area contributed by atoms with Gasteiger partial charge in [0.1, 0.15) is 18.8 Å². The normalized spacial score (nSPS) is 26.4. The number of carboxylic acids is 2. The first-order valence-corrected chi connectivity index (χ1v) is 9.00. The van der Waals surface area contributed by atoms with Crippen molar-refractivity contribution in [1.82, 2.24) is 0 Å². The van der Waals surface area contributed by atoms with Gasteiger partial charge in [-0.25, -0.2) is 9.63 Å². The molecule has 12 heteroatoms. The fourth-order valence-corrected chi connectivity index (χ4v) is 4.20. The number of ether oxygens (including phenoxy) is 1. The Labute approximate surface area is 197 Å². The molecule has 1 saturated heterocycles. The van der Waals surface area contributed by atoms with Crippen molar-refractivity contribution >= 4 is 23.9 Å². The Morgan fingerprint density at radius 2 is 1.53 bits per heavy atom. The molecule has 1 fully saturated rings. The molecule has 1 rings (SSSR count). The molecular weight excluding hydrogens is 413 g/mol. The summed E-state index contributed by atoms with van der Waals surface area (Å²) in [6.07, 6.45) is -2.51. The van der Waals surface area contributed by atoms with Crippen LogP contribution in [0.5, 0.6) is 0 Å². The minimum atomic E-state index is -3.00. The van der Waals surface area contributed by atoms with Crippen molar-refractivity contribution in [3.05, 3.63) is 0 Å². The zero-order valence-corrected chi connectivity index (χ0v) is 20.5. The van der Waals surface area contributed by atoms with E-state index in [0.717, 1.165) is 0 Å². The van der Waals surface area contributed by atoms with Crippen molar-refractivity contribution in [2.24, 2.45) is 0 Å². The van der Waals surface area contributed by atoms with Crippen LogP contribution in [0.15, 0.2) is 0 Å². The predicted octanol–water partition coefficient (Wildman–Crippen LogP) is -4.88. The zero-order chi connectivity index (χ0) is 22.8. The maximum atomic E-state index is 12.5. The summed E-state index contributed by atoms with van der Waals surface area (Å²) in [4.78, 5) is 56.2. The third kappa shape index (κ3) is 5.92. The standard InChI is InChI=1S/C18H29NO10.Na/c1-11(20)28-12-7-16(2,3)19(27-6,17(4,5)8-12)29-14(23)10-18(26,15(24)25)9-13(21)22;/h12,26H,7-10H2,1-6H3,(H-,21,22,24,25);/q;+1/p-1. The molecule has 1 atom stereocenters. The van der Waals surface area contributed by atoms with E-state index in [1.54, 1.807) is 27.7 Å². The molecule has 1 aliphatic heterocycles. The zero-order valence-electron chi connectivity index (χ0n) is 18.5. The summed E-state index contributed by atoms with van der Waals surface area (Å²) in [5, 5.41) is 32.0. The van der Waals surface area contributed by atoms with E-state index in [1.807, 2.05) is 0 Å². The molecule has 0 aromatic heterocycles. The van der Waals surface area contributed by atoms with Crippen molar-refractivity contribution in [2.45, 2.75) is 83.1 Å². The number of hydrogen-bond donors (Lipinski definition) is 1. The van der Waals surface area contributed by atoms with Gasteiger partial charge in [-0.2, -0.15) is 4.84 Å². The van der Waals surface area contributed by atoms with E-state index in [1.165, 1.54) is 14.0 Å². The molecule has 11 nitrogen and oxygen atoms in total. The van der Waals surface area contributed by atoms with Crippen LogP contribution in [0.2, 0.25) is 0 Å². The van der Waals surface area contributed by atoms with Crippen LogP contribution in [0.25, 0.3) is 0 Å². The monoisotopic (exact) mass is 441 g/mol. The van der Waals surface area contributed by atoms with Crippen molar-refractivity contribution < 1.29 is 83.3 Å². The number of nitrogens with zero attached hydrogens (tertiary/aromatic N) is 1. The fourth-order valence-electron chi connectivity index (χ4n) is 4.20. The number of carbonyl (C=O) groups excluding carboxylic acids is 4. The van der Waals surface area contributed by atoms with Crippen molar-refractivity contribution in [2.75, 3.05) is 7.11 Å². The summed E-state index contributed by atoms with van der Waals surface area (Å²) in [5.74, 6) is -5.69. The topological polar surface area (TPSA) is 162 Å². The number of carboxylic acid groups (broad SMARTS) is 2. The van der Waals surface area contributed by atoms with Crippen molar-refractivity contribution in [3.8, 4) is 0 Å². The number of quaternary nitrogens is 1. The molecule has 0 amide bonds. The van der Waals surface area contributed by atoms with Gasteiger partial charge in [0.25, 0.3) is 0 Å². The number of esters is 1. The maximum Gasteiger partial charge on any atom is 1.00 e. The summed E-state index contributed by atoms with van der Waals surface area (Å²) in [6, 6.07) is 0. The molecule has 0 saturated carbocycles. The molecule has 0 spiro atoms. The number of rotatable bonds is 8. The van der Waals surface area contributed by atoms with Crippen LogP contribution >= 0.6 is 0 Å². The molecule has 0 bridgehead atoms. The Kier molecular flexibility index (Phi) is 9.51. The van der Waals surface area contributed by atoms with Gasteiger partial charge in [-0.15, -0.1) is 0 Å². The van der Waals surface area contributed by atoms with E-state index >= 15 is 0 Å². The van der Waals surface area contributed by atoms with Crippen LogP contribution in [-0.4, -0.2) is 63.7 Å². The molecule has 0 aromatic rings. The first-order chi connectivity index (χ1) is 13.0. The van der Waals surface area contributed by atoms with Gasteiger partial charge >= 0.3 is 41.5 Å². The third-order valence-electron chi connectivity index (χ3n) is 5.12. The van der Waals surface area contributed by atoms with Crippen LogP contribution in [0, 0.1) is 0 Å². The van der Waals surface area contributed by atoms with Crippen LogP contribution in [0.1, 0.15) is 60.3 Å². The molecule has 1 heterocycles. The fraction of sp³-hybridized carbons (Fsp3) is 0.778. The molecule has 30 heavy (non-hydrogen) atoms. The summed E-state index contributed by atoms with van der Waals surface area (Å²) in [7, 11) is 1.29. The van der Waals surface area contributed by atoms with E-state index in [4.69, 9.17) is 14.4 Å². The molecule has 1 N–H and O–H groups in total. The molecule has 1 aliphatic rings. The summed E-state index contributed by atoms with van der Waals surface area (Å²) in [6.45, 7) is 8.09. The Balaban J connectivity index is 0.00000841. The predicted molar refractivity (Wildman–Crippen MR) is 90.5 cm³/mol. The average molecular weight is 441 g/mol. The van der Waals surface area contributed by atoms with Crippen LogP contribution in [0.4, 0.5) is 0 Å². The van der Waals surface area contributed by atoms with Gasteiger partial charge in [0.05, 0.1) is 12.4 Å². The number of aliphatic carboxylic acids is 2. The van der Waals surface area contributed by atoms with Gasteiger partial charge in [0.2, 0.25) is 0 Å². The second-order valence-electron chi connectivity index (χ2n) is 8.51. The van der Waals surface area contributed by atoms with E-state index in [2.05, 4.69) is 0 Å². The maximum absolute atomic E-state index is 12.5. The van der Waals surface area contributed by atoms with E-state index in [0.29, 0.717) is 0 Å². The van der Waals surface area contributed by atoms with Gasteiger partial charge in [0.15, 0.2) is 11.1 Å². The van der Waals surface area contributed by atoms with Crippen LogP contribution < -0.4 is 39.8 Å². The molecule has 0 aromatic carbocycles. The Hall–Kier alpha value is -1.24. The Morgan fingerprint density at radius 3 is 1.87 bits per heavy atom. The first kappa shape index (κ1) is 28.8. The van der Waals surface area contributed by atoms with Crippen molar-refractivity contribution in [1.29, 1.82) is 0 Å². The Morgan fingerprint density at radius 1 is 1.07 bits per heavy atom.